The molecule has 0 saturated carbocycles. The molecule has 0 aliphatic rings. The van der Waals surface area contributed by atoms with E-state index in [1.54, 1.807) is 43.6 Å². The highest BCUT2D eigenvalue weighted by Gasteiger charge is 2.04. The smallest absolute Gasteiger partial charge is 0.219 e. The number of aromatic nitrogens is 1. The number of halogens is 3. The number of aliphatic imine (C=N–C) groups is 1. The average molecular weight is 524 g/mol. The molecule has 8 heteroatoms. The molecule has 1 aromatic heterocycles. The van der Waals surface area contributed by atoms with Crippen LogP contribution in [0.4, 0.5) is 8.78 Å². The molecule has 2 N–H and O–H groups in total. The SMILES string of the molecule is CN=C(NCCc1ccccc1F)NCc1ccc(Oc2cccc(F)c2)nc1.I. The molecule has 0 spiro atoms. The molecule has 0 amide bonds. The molecule has 0 saturated heterocycles. The van der Waals surface area contributed by atoms with Gasteiger partial charge in [-0.25, -0.2) is 13.8 Å². The standard InChI is InChI=1S/C22H22F2N4O.HI/c1-25-22(26-12-11-17-5-2-3-8-20(17)24)28-15-16-9-10-21(27-14-16)29-19-7-4-6-18(23)13-19;/h2-10,13-14H,11-12,15H2,1H3,(H2,25,26,28);1H. The van der Waals surface area contributed by atoms with E-state index in [4.69, 9.17) is 4.74 Å². The van der Waals surface area contributed by atoms with Crippen molar-refractivity contribution >= 4 is 29.9 Å². The van der Waals surface area contributed by atoms with Gasteiger partial charge in [-0.05, 0) is 35.7 Å². The second-order valence-corrected chi connectivity index (χ2v) is 6.26. The van der Waals surface area contributed by atoms with Crippen LogP contribution in [-0.4, -0.2) is 24.5 Å². The van der Waals surface area contributed by atoms with Gasteiger partial charge < -0.3 is 15.4 Å². The first-order chi connectivity index (χ1) is 14.1. The van der Waals surface area contributed by atoms with Gasteiger partial charge in [-0.2, -0.15) is 0 Å². The lowest BCUT2D eigenvalue weighted by Gasteiger charge is -2.12. The zero-order valence-electron chi connectivity index (χ0n) is 16.4. The van der Waals surface area contributed by atoms with Crippen LogP contribution in [0.3, 0.4) is 0 Å². The summed E-state index contributed by atoms with van der Waals surface area (Å²) in [4.78, 5) is 8.39. The Kier molecular flexibility index (Phi) is 9.46. The van der Waals surface area contributed by atoms with Crippen molar-refractivity contribution in [2.45, 2.75) is 13.0 Å². The number of guanidine groups is 1. The van der Waals surface area contributed by atoms with Gasteiger partial charge in [0.15, 0.2) is 5.96 Å². The number of hydrogen-bond acceptors (Lipinski definition) is 3. The van der Waals surface area contributed by atoms with E-state index in [1.807, 2.05) is 12.1 Å². The van der Waals surface area contributed by atoms with Gasteiger partial charge in [0.1, 0.15) is 17.4 Å². The number of nitrogens with zero attached hydrogens (tertiary/aromatic N) is 2. The molecule has 0 aliphatic carbocycles. The predicted octanol–water partition coefficient (Wildman–Crippen LogP) is 4.68. The lowest BCUT2D eigenvalue weighted by Crippen LogP contribution is -2.37. The van der Waals surface area contributed by atoms with Crippen LogP contribution in [-0.2, 0) is 13.0 Å². The van der Waals surface area contributed by atoms with E-state index in [0.717, 1.165) is 5.56 Å². The monoisotopic (exact) mass is 524 g/mol. The Morgan fingerprint density at radius 3 is 2.57 bits per heavy atom. The maximum atomic E-state index is 13.6. The topological polar surface area (TPSA) is 58.5 Å². The number of rotatable bonds is 7. The molecule has 0 radical (unpaired) electrons. The van der Waals surface area contributed by atoms with Gasteiger partial charge in [0.05, 0.1) is 0 Å². The summed E-state index contributed by atoms with van der Waals surface area (Å²) in [5, 5.41) is 6.33. The molecule has 30 heavy (non-hydrogen) atoms. The molecule has 3 aromatic rings. The van der Waals surface area contributed by atoms with Crippen LogP contribution < -0.4 is 15.4 Å². The Bertz CT molecular complexity index is 967. The highest BCUT2D eigenvalue weighted by atomic mass is 127. The zero-order chi connectivity index (χ0) is 20.5. The predicted molar refractivity (Wildman–Crippen MR) is 124 cm³/mol. The maximum absolute atomic E-state index is 13.6. The number of nitrogens with one attached hydrogen (secondary N) is 2. The van der Waals surface area contributed by atoms with E-state index in [2.05, 4.69) is 20.6 Å². The van der Waals surface area contributed by atoms with E-state index in [1.165, 1.54) is 18.2 Å². The van der Waals surface area contributed by atoms with Gasteiger partial charge in [-0.15, -0.1) is 24.0 Å². The Morgan fingerprint density at radius 2 is 1.87 bits per heavy atom. The average Bonchev–Trinajstić information content (AvgIpc) is 2.73. The fourth-order valence-electron chi connectivity index (χ4n) is 2.65. The Morgan fingerprint density at radius 1 is 1.03 bits per heavy atom. The normalized spacial score (nSPS) is 10.8. The van der Waals surface area contributed by atoms with Crippen molar-refractivity contribution in [3.05, 3.63) is 89.6 Å². The van der Waals surface area contributed by atoms with Crippen molar-refractivity contribution in [3.8, 4) is 11.6 Å². The van der Waals surface area contributed by atoms with Gasteiger partial charge in [0, 0.05) is 38.5 Å². The van der Waals surface area contributed by atoms with Crippen molar-refractivity contribution in [2.24, 2.45) is 4.99 Å². The second-order valence-electron chi connectivity index (χ2n) is 6.26. The molecule has 0 fully saturated rings. The van der Waals surface area contributed by atoms with E-state index in [-0.39, 0.29) is 35.6 Å². The van der Waals surface area contributed by atoms with Crippen molar-refractivity contribution in [2.75, 3.05) is 13.6 Å². The fourth-order valence-corrected chi connectivity index (χ4v) is 2.65. The molecule has 2 aromatic carbocycles. The zero-order valence-corrected chi connectivity index (χ0v) is 18.8. The van der Waals surface area contributed by atoms with Crippen LogP contribution in [0.2, 0.25) is 0 Å². The molecule has 0 bridgehead atoms. The largest absolute Gasteiger partial charge is 0.439 e. The highest BCUT2D eigenvalue weighted by Crippen LogP contribution is 2.19. The van der Waals surface area contributed by atoms with Crippen LogP contribution in [0.25, 0.3) is 0 Å². The van der Waals surface area contributed by atoms with E-state index in [0.29, 0.717) is 42.7 Å². The minimum absolute atomic E-state index is 0. The quantitative estimate of drug-likeness (QED) is 0.268. The number of benzene rings is 2. The fraction of sp³-hybridized carbons (Fsp3) is 0.182. The number of pyridine rings is 1. The first kappa shape index (κ1) is 23.5. The Balaban J connectivity index is 0.00000320. The first-order valence-electron chi connectivity index (χ1n) is 9.20. The number of hydrogen-bond donors (Lipinski definition) is 2. The lowest BCUT2D eigenvalue weighted by molar-refractivity contribution is 0.457. The summed E-state index contributed by atoms with van der Waals surface area (Å²) >= 11 is 0. The summed E-state index contributed by atoms with van der Waals surface area (Å²) < 4.78 is 32.4. The van der Waals surface area contributed by atoms with Gasteiger partial charge in [0.25, 0.3) is 0 Å². The third kappa shape index (κ3) is 7.25. The Hall–Kier alpha value is -2.75. The van der Waals surface area contributed by atoms with Crippen molar-refractivity contribution < 1.29 is 13.5 Å². The Labute approximate surface area is 191 Å². The highest BCUT2D eigenvalue weighted by molar-refractivity contribution is 14.0. The molecule has 1 heterocycles. The molecule has 3 rings (SSSR count). The van der Waals surface area contributed by atoms with Crippen LogP contribution in [0.5, 0.6) is 11.6 Å². The van der Waals surface area contributed by atoms with Crippen LogP contribution in [0.15, 0.2) is 71.9 Å². The summed E-state index contributed by atoms with van der Waals surface area (Å²) in [5.74, 6) is 0.817. The number of ether oxygens (including phenoxy) is 1. The third-order valence-corrected chi connectivity index (χ3v) is 4.14. The minimum atomic E-state index is -0.364. The van der Waals surface area contributed by atoms with E-state index in [9.17, 15) is 8.78 Å². The molecular formula is C22H23F2IN4O. The van der Waals surface area contributed by atoms with Gasteiger partial charge in [-0.1, -0.05) is 30.3 Å². The van der Waals surface area contributed by atoms with Crippen LogP contribution in [0.1, 0.15) is 11.1 Å². The van der Waals surface area contributed by atoms with Gasteiger partial charge in [-0.3, -0.25) is 4.99 Å². The summed E-state index contributed by atoms with van der Waals surface area (Å²) in [5.41, 5.74) is 1.59. The van der Waals surface area contributed by atoms with Gasteiger partial charge in [0.2, 0.25) is 5.88 Å². The molecular weight excluding hydrogens is 501 g/mol. The molecule has 0 aliphatic heterocycles. The molecule has 0 atom stereocenters. The maximum Gasteiger partial charge on any atom is 0.219 e. The van der Waals surface area contributed by atoms with E-state index >= 15 is 0 Å². The summed E-state index contributed by atoms with van der Waals surface area (Å²) in [6, 6.07) is 16.2. The molecule has 158 valence electrons. The molecule has 5 nitrogen and oxygen atoms in total. The van der Waals surface area contributed by atoms with Crippen LogP contribution >= 0.6 is 24.0 Å². The van der Waals surface area contributed by atoms with Crippen molar-refractivity contribution in [3.63, 3.8) is 0 Å². The van der Waals surface area contributed by atoms with E-state index < -0.39 is 0 Å². The minimum Gasteiger partial charge on any atom is -0.439 e. The molecule has 0 unspecified atom stereocenters. The lowest BCUT2D eigenvalue weighted by atomic mass is 10.1. The summed E-state index contributed by atoms with van der Waals surface area (Å²) in [6.45, 7) is 1.06. The van der Waals surface area contributed by atoms with Crippen molar-refractivity contribution in [1.82, 2.24) is 15.6 Å². The van der Waals surface area contributed by atoms with Gasteiger partial charge >= 0.3 is 0 Å². The summed E-state index contributed by atoms with van der Waals surface area (Å²) in [6.07, 6.45) is 2.23. The summed E-state index contributed by atoms with van der Waals surface area (Å²) in [7, 11) is 1.67. The first-order valence-corrected chi connectivity index (χ1v) is 9.20. The van der Waals surface area contributed by atoms with Crippen molar-refractivity contribution in [1.29, 1.82) is 0 Å². The third-order valence-electron chi connectivity index (χ3n) is 4.14. The second kappa shape index (κ2) is 12.1. The van der Waals surface area contributed by atoms with Crippen LogP contribution in [0, 0.1) is 11.6 Å².